The second-order valence-corrected chi connectivity index (χ2v) is 13.7. The van der Waals surface area contributed by atoms with Crippen molar-refractivity contribution in [2.45, 2.75) is 56.9 Å². The van der Waals surface area contributed by atoms with Crippen LogP contribution in [0.5, 0.6) is 0 Å². The van der Waals surface area contributed by atoms with Gasteiger partial charge in [0.05, 0.1) is 35.7 Å². The molecule has 3 saturated heterocycles. The number of carbonyl (C=O) groups is 1. The van der Waals surface area contributed by atoms with Crippen LogP contribution in [0.3, 0.4) is 0 Å². The summed E-state index contributed by atoms with van der Waals surface area (Å²) in [5.41, 5.74) is 2.90. The van der Waals surface area contributed by atoms with E-state index < -0.39 is 16.1 Å². The van der Waals surface area contributed by atoms with Gasteiger partial charge in [-0.3, -0.25) is 9.69 Å². The number of carbonyl (C=O) groups excluding carboxylic acids is 1. The van der Waals surface area contributed by atoms with Crippen LogP contribution >= 0.6 is 0 Å². The summed E-state index contributed by atoms with van der Waals surface area (Å²) in [6.07, 6.45) is 6.64. The third-order valence-electron chi connectivity index (χ3n) is 9.43. The minimum atomic E-state index is -3.99. The Balaban J connectivity index is 1.30. The summed E-state index contributed by atoms with van der Waals surface area (Å²) in [5.74, 6) is -0.857. The molecule has 3 aromatic rings. The zero-order valence-electron chi connectivity index (χ0n) is 24.3. The molecule has 1 amide bonds. The maximum absolute atomic E-state index is 13.9. The lowest BCUT2D eigenvalue weighted by molar-refractivity contribution is 0.0115. The van der Waals surface area contributed by atoms with Gasteiger partial charge in [-0.15, -0.1) is 0 Å². The van der Waals surface area contributed by atoms with E-state index in [1.165, 1.54) is 16.4 Å². The number of pyridine rings is 1. The number of hydrogen-bond acceptors (Lipinski definition) is 8. The second kappa shape index (κ2) is 11.8. The Morgan fingerprint density at radius 3 is 2.28 bits per heavy atom. The molecule has 3 aliphatic heterocycles. The van der Waals surface area contributed by atoms with Gasteiger partial charge in [-0.1, -0.05) is 6.42 Å². The first-order valence-corrected chi connectivity index (χ1v) is 16.9. The molecule has 0 spiro atoms. The number of amides is 1. The number of nitrogens with one attached hydrogen (secondary N) is 1. The van der Waals surface area contributed by atoms with E-state index in [2.05, 4.69) is 14.5 Å². The van der Waals surface area contributed by atoms with E-state index in [9.17, 15) is 17.6 Å². The van der Waals surface area contributed by atoms with Gasteiger partial charge in [-0.25, -0.2) is 18.8 Å². The van der Waals surface area contributed by atoms with Gasteiger partial charge in [0, 0.05) is 51.2 Å². The molecule has 5 heterocycles. The van der Waals surface area contributed by atoms with E-state index >= 15 is 0 Å². The molecule has 0 atom stereocenters. The van der Waals surface area contributed by atoms with Gasteiger partial charge >= 0.3 is 10.2 Å². The molecule has 0 unspecified atom stereocenters. The van der Waals surface area contributed by atoms with Crippen LogP contribution in [-0.4, -0.2) is 96.8 Å². The van der Waals surface area contributed by atoms with Crippen LogP contribution in [0.2, 0.25) is 0 Å². The van der Waals surface area contributed by atoms with Crippen LogP contribution in [0.15, 0.2) is 30.3 Å². The summed E-state index contributed by atoms with van der Waals surface area (Å²) in [4.78, 5) is 23.1. The maximum Gasteiger partial charge on any atom is 0.304 e. The Hall–Kier alpha value is -3.13. The van der Waals surface area contributed by atoms with E-state index in [-0.39, 0.29) is 17.4 Å². The SMILES string of the molecule is O=C(NS(=O)(=O)N1CCCC1)c1cc(N2CCC(N3CCOCC3)CC2)c2c(C3CCC3)nn(-c3ccc(F)cc3)c2n1. The van der Waals surface area contributed by atoms with Crippen molar-refractivity contribution in [3.05, 3.63) is 47.5 Å². The minimum absolute atomic E-state index is 0.0176. The van der Waals surface area contributed by atoms with Gasteiger partial charge in [0.2, 0.25) is 0 Å². The second-order valence-electron chi connectivity index (χ2n) is 12.0. The van der Waals surface area contributed by atoms with Crippen LogP contribution in [0.4, 0.5) is 10.1 Å². The summed E-state index contributed by atoms with van der Waals surface area (Å²) in [7, 11) is -3.99. The van der Waals surface area contributed by atoms with Gasteiger partial charge in [-0.05, 0) is 68.9 Å². The van der Waals surface area contributed by atoms with Gasteiger partial charge in [-0.2, -0.15) is 17.8 Å². The summed E-state index contributed by atoms with van der Waals surface area (Å²) >= 11 is 0. The highest BCUT2D eigenvalue weighted by molar-refractivity contribution is 7.87. The molecule has 0 bridgehead atoms. The average Bonchev–Trinajstić information content (AvgIpc) is 3.67. The first-order chi connectivity index (χ1) is 20.9. The molecular formula is C30H38FN7O4S. The number of benzene rings is 1. The van der Waals surface area contributed by atoms with Crippen LogP contribution in [0.25, 0.3) is 16.7 Å². The van der Waals surface area contributed by atoms with Crippen molar-refractivity contribution < 1.29 is 22.3 Å². The summed E-state index contributed by atoms with van der Waals surface area (Å²) in [5, 5.41) is 5.90. The molecule has 1 aliphatic carbocycles. The molecule has 2 aromatic heterocycles. The lowest BCUT2D eigenvalue weighted by atomic mass is 9.82. The number of rotatable bonds is 7. The van der Waals surface area contributed by atoms with Crippen molar-refractivity contribution >= 4 is 32.8 Å². The number of aromatic nitrogens is 3. The molecule has 13 heteroatoms. The molecule has 4 aliphatic rings. The van der Waals surface area contributed by atoms with Crippen molar-refractivity contribution in [2.24, 2.45) is 0 Å². The number of morpholine rings is 1. The zero-order chi connectivity index (χ0) is 29.6. The molecule has 0 radical (unpaired) electrons. The Morgan fingerprint density at radius 1 is 0.930 bits per heavy atom. The highest BCUT2D eigenvalue weighted by Crippen LogP contribution is 2.43. The number of piperidine rings is 1. The molecule has 1 N–H and O–H groups in total. The number of hydrogen-bond donors (Lipinski definition) is 1. The maximum atomic E-state index is 13.9. The molecule has 7 rings (SSSR count). The zero-order valence-corrected chi connectivity index (χ0v) is 25.1. The molecular weight excluding hydrogens is 573 g/mol. The first kappa shape index (κ1) is 28.6. The van der Waals surface area contributed by atoms with Gasteiger partial charge in [0.25, 0.3) is 5.91 Å². The molecule has 11 nitrogen and oxygen atoms in total. The Bertz CT molecular complexity index is 1590. The topological polar surface area (TPSA) is 113 Å². The first-order valence-electron chi connectivity index (χ1n) is 15.5. The third-order valence-corrected chi connectivity index (χ3v) is 10.9. The van der Waals surface area contributed by atoms with Crippen molar-refractivity contribution in [3.8, 4) is 5.69 Å². The van der Waals surface area contributed by atoms with Crippen molar-refractivity contribution in [3.63, 3.8) is 0 Å². The number of fused-ring (bicyclic) bond motifs is 1. The van der Waals surface area contributed by atoms with E-state index in [4.69, 9.17) is 14.8 Å². The smallest absolute Gasteiger partial charge is 0.304 e. The summed E-state index contributed by atoms with van der Waals surface area (Å²) < 4.78 is 50.7. The van der Waals surface area contributed by atoms with Crippen molar-refractivity contribution in [2.75, 3.05) is 57.4 Å². The third kappa shape index (κ3) is 5.63. The normalized spacial score (nSPS) is 21.4. The monoisotopic (exact) mass is 611 g/mol. The van der Waals surface area contributed by atoms with Crippen LogP contribution in [0.1, 0.15) is 67.0 Å². The fourth-order valence-corrected chi connectivity index (χ4v) is 8.00. The standard InChI is InChI=1S/C30H38FN7O4S/c31-22-6-8-24(9-7-22)38-29-27(28(33-38)21-4-3-5-21)26(36-14-10-23(11-15-36)35-16-18-42-19-17-35)20-25(32-29)30(39)34-43(40,41)37-12-1-2-13-37/h6-9,20-21,23H,1-5,10-19H2,(H,34,39). The number of nitrogens with zero attached hydrogens (tertiary/aromatic N) is 6. The highest BCUT2D eigenvalue weighted by Gasteiger charge is 2.34. The minimum Gasteiger partial charge on any atom is -0.379 e. The van der Waals surface area contributed by atoms with Crippen molar-refractivity contribution in [1.82, 2.24) is 28.7 Å². The predicted molar refractivity (Wildman–Crippen MR) is 160 cm³/mol. The fraction of sp³-hybridized carbons (Fsp3) is 0.567. The molecule has 1 aromatic carbocycles. The van der Waals surface area contributed by atoms with Crippen molar-refractivity contribution in [1.29, 1.82) is 0 Å². The molecule has 1 saturated carbocycles. The number of anilines is 1. The number of ether oxygens (including phenoxy) is 1. The van der Waals surface area contributed by atoms with E-state index in [1.807, 2.05) is 0 Å². The highest BCUT2D eigenvalue weighted by atomic mass is 32.2. The lowest BCUT2D eigenvalue weighted by Crippen LogP contribution is -2.49. The molecule has 43 heavy (non-hydrogen) atoms. The van der Waals surface area contributed by atoms with Gasteiger partial charge < -0.3 is 9.64 Å². The van der Waals surface area contributed by atoms with Crippen LogP contribution in [0, 0.1) is 5.82 Å². The quantitative estimate of drug-likeness (QED) is 0.434. The largest absolute Gasteiger partial charge is 0.379 e. The average molecular weight is 612 g/mol. The van der Waals surface area contributed by atoms with E-state index in [0.717, 1.165) is 101 Å². The van der Waals surface area contributed by atoms with Gasteiger partial charge in [0.1, 0.15) is 11.5 Å². The number of halogens is 1. The summed E-state index contributed by atoms with van der Waals surface area (Å²) in [6.45, 7) is 5.77. The Morgan fingerprint density at radius 2 is 1.63 bits per heavy atom. The lowest BCUT2D eigenvalue weighted by Gasteiger charge is -2.41. The Kier molecular flexibility index (Phi) is 7.83. The van der Waals surface area contributed by atoms with Crippen LogP contribution in [-0.2, 0) is 14.9 Å². The van der Waals surface area contributed by atoms with Crippen LogP contribution < -0.4 is 9.62 Å². The van der Waals surface area contributed by atoms with E-state index in [0.29, 0.717) is 30.5 Å². The van der Waals surface area contributed by atoms with E-state index in [1.54, 1.807) is 22.9 Å². The molecule has 4 fully saturated rings. The summed E-state index contributed by atoms with van der Waals surface area (Å²) in [6, 6.07) is 8.26. The fourth-order valence-electron chi connectivity index (χ4n) is 6.80. The Labute approximate surface area is 251 Å². The van der Waals surface area contributed by atoms with Gasteiger partial charge in [0.15, 0.2) is 5.65 Å². The predicted octanol–water partition coefficient (Wildman–Crippen LogP) is 3.20. The molecule has 230 valence electrons.